The summed E-state index contributed by atoms with van der Waals surface area (Å²) in [4.78, 5) is 8.70. The van der Waals surface area contributed by atoms with Gasteiger partial charge in [-0.15, -0.1) is 0 Å². The fourth-order valence-electron chi connectivity index (χ4n) is 2.42. The number of benzene rings is 1. The summed E-state index contributed by atoms with van der Waals surface area (Å²) in [5, 5.41) is 3.10. The van der Waals surface area contributed by atoms with E-state index in [0.29, 0.717) is 35.1 Å². The molecule has 0 saturated carbocycles. The van der Waals surface area contributed by atoms with Gasteiger partial charge in [0, 0.05) is 23.5 Å². The first-order valence-electron chi connectivity index (χ1n) is 7.85. The molecule has 3 aromatic rings. The van der Waals surface area contributed by atoms with Crippen molar-refractivity contribution in [3.8, 4) is 16.9 Å². The summed E-state index contributed by atoms with van der Waals surface area (Å²) in [7, 11) is 0. The van der Waals surface area contributed by atoms with Crippen LogP contribution in [0, 0.1) is 18.6 Å². The van der Waals surface area contributed by atoms with Crippen LogP contribution >= 0.6 is 0 Å². The largest absolute Gasteiger partial charge is 0.490 e. The minimum absolute atomic E-state index is 0.395. The quantitative estimate of drug-likeness (QED) is 0.719. The first-order valence-corrected chi connectivity index (χ1v) is 7.85. The SMILES string of the molecule is CCOc1cc(-c2cc(F)cc(F)c2)cnc1Nc1cccc(C)n1. The molecule has 128 valence electrons. The minimum Gasteiger partial charge on any atom is -0.490 e. The van der Waals surface area contributed by atoms with Crippen LogP contribution in [0.1, 0.15) is 12.6 Å². The van der Waals surface area contributed by atoms with Crippen molar-refractivity contribution < 1.29 is 13.5 Å². The Kier molecular flexibility index (Phi) is 4.88. The van der Waals surface area contributed by atoms with Gasteiger partial charge in [0.1, 0.15) is 17.5 Å². The second-order valence-electron chi connectivity index (χ2n) is 5.45. The van der Waals surface area contributed by atoms with Crippen LogP contribution in [0.15, 0.2) is 48.7 Å². The predicted octanol–water partition coefficient (Wildman–Crippen LogP) is 4.87. The van der Waals surface area contributed by atoms with Gasteiger partial charge in [0.25, 0.3) is 0 Å². The van der Waals surface area contributed by atoms with Crippen molar-refractivity contribution in [2.24, 2.45) is 0 Å². The van der Waals surface area contributed by atoms with E-state index < -0.39 is 11.6 Å². The Labute approximate surface area is 144 Å². The third-order valence-electron chi connectivity index (χ3n) is 3.48. The van der Waals surface area contributed by atoms with Gasteiger partial charge < -0.3 is 10.1 Å². The number of anilines is 2. The number of halogens is 2. The van der Waals surface area contributed by atoms with Gasteiger partial charge in [-0.1, -0.05) is 6.07 Å². The third kappa shape index (κ3) is 4.09. The Morgan fingerprint density at radius 2 is 1.80 bits per heavy atom. The van der Waals surface area contributed by atoms with Crippen LogP contribution in [-0.2, 0) is 0 Å². The van der Waals surface area contributed by atoms with E-state index in [1.165, 1.54) is 18.3 Å². The third-order valence-corrected chi connectivity index (χ3v) is 3.48. The average molecular weight is 341 g/mol. The summed E-state index contributed by atoms with van der Waals surface area (Å²) in [5.74, 6) is 0.324. The van der Waals surface area contributed by atoms with Crippen molar-refractivity contribution in [1.82, 2.24) is 9.97 Å². The Morgan fingerprint density at radius 1 is 1.04 bits per heavy atom. The van der Waals surface area contributed by atoms with Gasteiger partial charge in [-0.2, -0.15) is 0 Å². The lowest BCUT2D eigenvalue weighted by Gasteiger charge is -2.13. The highest BCUT2D eigenvalue weighted by molar-refractivity contribution is 5.69. The van der Waals surface area contributed by atoms with E-state index in [-0.39, 0.29) is 0 Å². The summed E-state index contributed by atoms with van der Waals surface area (Å²) in [6.45, 7) is 4.17. The molecule has 0 aliphatic heterocycles. The Morgan fingerprint density at radius 3 is 2.48 bits per heavy atom. The molecule has 0 bridgehead atoms. The molecule has 3 rings (SSSR count). The number of nitrogens with zero attached hydrogens (tertiary/aromatic N) is 2. The maximum absolute atomic E-state index is 13.5. The van der Waals surface area contributed by atoms with E-state index in [4.69, 9.17) is 4.74 Å². The Balaban J connectivity index is 1.97. The molecule has 1 aromatic carbocycles. The van der Waals surface area contributed by atoms with Crippen LogP contribution in [0.3, 0.4) is 0 Å². The van der Waals surface area contributed by atoms with E-state index in [9.17, 15) is 8.78 Å². The number of aryl methyl sites for hydroxylation is 1. The highest BCUT2D eigenvalue weighted by atomic mass is 19.1. The van der Waals surface area contributed by atoms with Gasteiger partial charge in [0.05, 0.1) is 6.61 Å². The first kappa shape index (κ1) is 16.8. The van der Waals surface area contributed by atoms with E-state index in [2.05, 4.69) is 15.3 Å². The van der Waals surface area contributed by atoms with Crippen molar-refractivity contribution in [1.29, 1.82) is 0 Å². The molecule has 2 aromatic heterocycles. The highest BCUT2D eigenvalue weighted by Gasteiger charge is 2.11. The molecule has 1 N–H and O–H groups in total. The zero-order valence-electron chi connectivity index (χ0n) is 13.9. The van der Waals surface area contributed by atoms with Gasteiger partial charge >= 0.3 is 0 Å². The van der Waals surface area contributed by atoms with Crippen molar-refractivity contribution in [3.05, 3.63) is 66.0 Å². The second-order valence-corrected chi connectivity index (χ2v) is 5.45. The molecule has 2 heterocycles. The van der Waals surface area contributed by atoms with Crippen LogP contribution < -0.4 is 10.1 Å². The van der Waals surface area contributed by atoms with E-state index >= 15 is 0 Å². The molecular formula is C19H17F2N3O. The lowest BCUT2D eigenvalue weighted by atomic mass is 10.1. The molecule has 6 heteroatoms. The number of aromatic nitrogens is 2. The van der Waals surface area contributed by atoms with Gasteiger partial charge in [-0.05, 0) is 49.7 Å². The van der Waals surface area contributed by atoms with Crippen LogP contribution in [0.5, 0.6) is 5.75 Å². The van der Waals surface area contributed by atoms with Gasteiger partial charge in [0.2, 0.25) is 0 Å². The summed E-state index contributed by atoms with van der Waals surface area (Å²) < 4.78 is 32.5. The number of pyridine rings is 2. The summed E-state index contributed by atoms with van der Waals surface area (Å²) >= 11 is 0. The van der Waals surface area contributed by atoms with Crippen molar-refractivity contribution in [2.75, 3.05) is 11.9 Å². The standard InChI is InChI=1S/C19H17F2N3O/c1-3-25-17-9-14(13-7-15(20)10-16(21)8-13)11-22-19(17)24-18-6-4-5-12(2)23-18/h4-11H,3H2,1-2H3,(H,22,23,24). The number of nitrogens with one attached hydrogen (secondary N) is 1. The van der Waals surface area contributed by atoms with Crippen LogP contribution in [0.25, 0.3) is 11.1 Å². The fourth-order valence-corrected chi connectivity index (χ4v) is 2.42. The van der Waals surface area contributed by atoms with Crippen molar-refractivity contribution >= 4 is 11.6 Å². The lowest BCUT2D eigenvalue weighted by molar-refractivity contribution is 0.341. The molecule has 0 fully saturated rings. The topological polar surface area (TPSA) is 47.0 Å². The molecule has 0 atom stereocenters. The normalized spacial score (nSPS) is 10.6. The molecule has 25 heavy (non-hydrogen) atoms. The molecule has 0 saturated heterocycles. The Hall–Kier alpha value is -3.02. The van der Waals surface area contributed by atoms with E-state index in [1.54, 1.807) is 6.07 Å². The second kappa shape index (κ2) is 7.25. The van der Waals surface area contributed by atoms with E-state index in [0.717, 1.165) is 11.8 Å². The number of ether oxygens (including phenoxy) is 1. The van der Waals surface area contributed by atoms with Crippen LogP contribution in [-0.4, -0.2) is 16.6 Å². The van der Waals surface area contributed by atoms with Gasteiger partial charge in [0.15, 0.2) is 11.6 Å². The first-order chi connectivity index (χ1) is 12.0. The molecule has 0 aliphatic rings. The minimum atomic E-state index is -0.640. The molecule has 0 radical (unpaired) electrons. The molecule has 0 unspecified atom stereocenters. The molecule has 0 spiro atoms. The molecule has 0 aliphatic carbocycles. The summed E-state index contributed by atoms with van der Waals surface area (Å²) in [6.07, 6.45) is 1.54. The average Bonchev–Trinajstić information content (AvgIpc) is 2.56. The van der Waals surface area contributed by atoms with Crippen LogP contribution in [0.4, 0.5) is 20.4 Å². The summed E-state index contributed by atoms with van der Waals surface area (Å²) in [5.41, 5.74) is 1.82. The number of hydrogen-bond donors (Lipinski definition) is 1. The van der Waals surface area contributed by atoms with E-state index in [1.807, 2.05) is 32.0 Å². The molecular weight excluding hydrogens is 324 g/mol. The molecule has 0 amide bonds. The number of rotatable bonds is 5. The maximum Gasteiger partial charge on any atom is 0.174 e. The monoisotopic (exact) mass is 341 g/mol. The number of hydrogen-bond acceptors (Lipinski definition) is 4. The van der Waals surface area contributed by atoms with Gasteiger partial charge in [-0.3, -0.25) is 0 Å². The Bertz CT molecular complexity index is 879. The summed E-state index contributed by atoms with van der Waals surface area (Å²) in [6, 6.07) is 10.6. The zero-order valence-corrected chi connectivity index (χ0v) is 13.9. The predicted molar refractivity (Wildman–Crippen MR) is 93.0 cm³/mol. The zero-order chi connectivity index (χ0) is 17.8. The van der Waals surface area contributed by atoms with Crippen molar-refractivity contribution in [2.45, 2.75) is 13.8 Å². The highest BCUT2D eigenvalue weighted by Crippen LogP contribution is 2.31. The lowest BCUT2D eigenvalue weighted by Crippen LogP contribution is -2.02. The molecule has 4 nitrogen and oxygen atoms in total. The smallest absolute Gasteiger partial charge is 0.174 e. The van der Waals surface area contributed by atoms with Crippen LogP contribution in [0.2, 0.25) is 0 Å². The fraction of sp³-hybridized carbons (Fsp3) is 0.158. The van der Waals surface area contributed by atoms with Gasteiger partial charge in [-0.25, -0.2) is 18.7 Å². The van der Waals surface area contributed by atoms with Crippen molar-refractivity contribution in [3.63, 3.8) is 0 Å². The maximum atomic E-state index is 13.5.